The van der Waals surface area contributed by atoms with Crippen LogP contribution in [0.1, 0.15) is 18.5 Å². The van der Waals surface area contributed by atoms with Crippen LogP contribution in [0.4, 0.5) is 0 Å². The van der Waals surface area contributed by atoms with Gasteiger partial charge in [0.15, 0.2) is 0 Å². The zero-order chi connectivity index (χ0) is 8.27. The van der Waals surface area contributed by atoms with Crippen LogP contribution in [0.15, 0.2) is 22.9 Å². The number of nitrogens with zero attached hydrogens (tertiary/aromatic N) is 1. The fourth-order valence-corrected chi connectivity index (χ4v) is 1.43. The molecular formula is C8H11BrN2. The van der Waals surface area contributed by atoms with Gasteiger partial charge in [-0.05, 0) is 20.0 Å². The van der Waals surface area contributed by atoms with E-state index in [0.717, 1.165) is 4.47 Å². The van der Waals surface area contributed by atoms with Crippen LogP contribution in [0.2, 0.25) is 0 Å². The van der Waals surface area contributed by atoms with Crippen LogP contribution in [0, 0.1) is 0 Å². The van der Waals surface area contributed by atoms with Crippen LogP contribution < -0.4 is 5.32 Å². The van der Waals surface area contributed by atoms with Gasteiger partial charge in [-0.15, -0.1) is 0 Å². The Morgan fingerprint density at radius 1 is 1.64 bits per heavy atom. The number of hydrogen-bond donors (Lipinski definition) is 1. The molecule has 0 aliphatic heterocycles. The van der Waals surface area contributed by atoms with Gasteiger partial charge in [0.05, 0.1) is 0 Å². The Kier molecular flexibility index (Phi) is 3.02. The summed E-state index contributed by atoms with van der Waals surface area (Å²) in [6.45, 7) is 2.10. The maximum Gasteiger partial charge on any atom is 0.0326 e. The average molecular weight is 215 g/mol. The lowest BCUT2D eigenvalue weighted by Crippen LogP contribution is -2.12. The third-order valence-electron chi connectivity index (χ3n) is 1.70. The molecule has 0 saturated carbocycles. The molecule has 0 aliphatic rings. The Labute approximate surface area is 75.2 Å². The van der Waals surface area contributed by atoms with E-state index in [1.165, 1.54) is 5.56 Å². The van der Waals surface area contributed by atoms with E-state index < -0.39 is 0 Å². The average Bonchev–Trinajstić information content (AvgIpc) is 2.04. The quantitative estimate of drug-likeness (QED) is 0.817. The van der Waals surface area contributed by atoms with Crippen LogP contribution >= 0.6 is 15.9 Å². The Bertz CT molecular complexity index is 237. The highest BCUT2D eigenvalue weighted by molar-refractivity contribution is 9.10. The molecule has 0 amide bonds. The van der Waals surface area contributed by atoms with Gasteiger partial charge in [0.25, 0.3) is 0 Å². The second-order valence-electron chi connectivity index (χ2n) is 2.41. The summed E-state index contributed by atoms with van der Waals surface area (Å²) in [7, 11) is 1.93. The highest BCUT2D eigenvalue weighted by Gasteiger charge is 2.05. The van der Waals surface area contributed by atoms with Gasteiger partial charge in [-0.1, -0.05) is 15.9 Å². The fourth-order valence-electron chi connectivity index (χ4n) is 0.864. The lowest BCUT2D eigenvalue weighted by atomic mass is 10.1. The zero-order valence-electron chi connectivity index (χ0n) is 6.63. The summed E-state index contributed by atoms with van der Waals surface area (Å²) in [5.41, 5.74) is 1.19. The Morgan fingerprint density at radius 2 is 2.36 bits per heavy atom. The summed E-state index contributed by atoms with van der Waals surface area (Å²) < 4.78 is 1.11. The van der Waals surface area contributed by atoms with Crippen molar-refractivity contribution in [1.82, 2.24) is 10.3 Å². The molecule has 11 heavy (non-hydrogen) atoms. The van der Waals surface area contributed by atoms with E-state index in [0.29, 0.717) is 6.04 Å². The van der Waals surface area contributed by atoms with Gasteiger partial charge in [0.1, 0.15) is 0 Å². The molecule has 1 aromatic rings. The van der Waals surface area contributed by atoms with E-state index in [1.807, 2.05) is 19.3 Å². The smallest absolute Gasteiger partial charge is 0.0326 e. The predicted octanol–water partition coefficient (Wildman–Crippen LogP) is 2.12. The van der Waals surface area contributed by atoms with E-state index in [4.69, 9.17) is 0 Å². The summed E-state index contributed by atoms with van der Waals surface area (Å²) in [4.78, 5) is 4.04. The van der Waals surface area contributed by atoms with Gasteiger partial charge in [0.2, 0.25) is 0 Å². The van der Waals surface area contributed by atoms with Gasteiger partial charge in [0, 0.05) is 28.5 Å². The van der Waals surface area contributed by atoms with Crippen molar-refractivity contribution in [2.75, 3.05) is 7.05 Å². The maximum absolute atomic E-state index is 4.04. The molecule has 60 valence electrons. The van der Waals surface area contributed by atoms with Crippen LogP contribution in [-0.2, 0) is 0 Å². The van der Waals surface area contributed by atoms with Crippen LogP contribution in [0.25, 0.3) is 0 Å². The summed E-state index contributed by atoms with van der Waals surface area (Å²) >= 11 is 3.46. The summed E-state index contributed by atoms with van der Waals surface area (Å²) in [6.07, 6.45) is 3.64. The van der Waals surface area contributed by atoms with Gasteiger partial charge >= 0.3 is 0 Å². The van der Waals surface area contributed by atoms with Gasteiger partial charge in [-0.2, -0.15) is 0 Å². The first kappa shape index (κ1) is 8.68. The van der Waals surface area contributed by atoms with Crippen LogP contribution in [-0.4, -0.2) is 12.0 Å². The van der Waals surface area contributed by atoms with Crippen molar-refractivity contribution in [3.8, 4) is 0 Å². The van der Waals surface area contributed by atoms with Crippen LogP contribution in [0.5, 0.6) is 0 Å². The minimum absolute atomic E-state index is 0.345. The lowest BCUT2D eigenvalue weighted by molar-refractivity contribution is 0.647. The van der Waals surface area contributed by atoms with Gasteiger partial charge < -0.3 is 5.32 Å². The summed E-state index contributed by atoms with van der Waals surface area (Å²) in [6, 6.07) is 2.29. The Hall–Kier alpha value is -0.410. The van der Waals surface area contributed by atoms with Crippen molar-refractivity contribution in [2.45, 2.75) is 13.0 Å². The first-order chi connectivity index (χ1) is 5.25. The minimum atomic E-state index is 0.345. The monoisotopic (exact) mass is 214 g/mol. The largest absolute Gasteiger partial charge is 0.313 e. The van der Waals surface area contributed by atoms with E-state index >= 15 is 0 Å². The topological polar surface area (TPSA) is 24.9 Å². The SMILES string of the molecule is CN[C@@H](C)c1cnccc1Br. The summed E-state index contributed by atoms with van der Waals surface area (Å²) in [5, 5.41) is 3.15. The molecule has 1 aromatic heterocycles. The molecule has 0 radical (unpaired) electrons. The third kappa shape index (κ3) is 2.01. The Morgan fingerprint density at radius 3 is 2.91 bits per heavy atom. The molecule has 3 heteroatoms. The summed E-state index contributed by atoms with van der Waals surface area (Å²) in [5.74, 6) is 0. The molecular weight excluding hydrogens is 204 g/mol. The fraction of sp³-hybridized carbons (Fsp3) is 0.375. The molecule has 1 atom stereocenters. The predicted molar refractivity (Wildman–Crippen MR) is 49.4 cm³/mol. The molecule has 0 unspecified atom stereocenters. The van der Waals surface area contributed by atoms with E-state index in [2.05, 4.69) is 33.2 Å². The molecule has 1 rings (SSSR count). The number of halogens is 1. The second-order valence-corrected chi connectivity index (χ2v) is 3.26. The van der Waals surface area contributed by atoms with Gasteiger partial charge in [-0.3, -0.25) is 4.98 Å². The van der Waals surface area contributed by atoms with Crippen molar-refractivity contribution < 1.29 is 0 Å². The van der Waals surface area contributed by atoms with Crippen molar-refractivity contribution in [1.29, 1.82) is 0 Å². The number of nitrogens with one attached hydrogen (secondary N) is 1. The maximum atomic E-state index is 4.04. The molecule has 0 spiro atoms. The van der Waals surface area contributed by atoms with Crippen molar-refractivity contribution in [2.24, 2.45) is 0 Å². The van der Waals surface area contributed by atoms with E-state index in [-0.39, 0.29) is 0 Å². The van der Waals surface area contributed by atoms with Crippen molar-refractivity contribution in [3.05, 3.63) is 28.5 Å². The lowest BCUT2D eigenvalue weighted by Gasteiger charge is -2.10. The Balaban J connectivity index is 2.93. The zero-order valence-corrected chi connectivity index (χ0v) is 8.22. The van der Waals surface area contributed by atoms with Crippen molar-refractivity contribution >= 4 is 15.9 Å². The first-order valence-electron chi connectivity index (χ1n) is 3.52. The molecule has 0 aromatic carbocycles. The molecule has 0 aliphatic carbocycles. The third-order valence-corrected chi connectivity index (χ3v) is 2.42. The molecule has 0 fully saturated rings. The number of hydrogen-bond acceptors (Lipinski definition) is 2. The van der Waals surface area contributed by atoms with Gasteiger partial charge in [-0.25, -0.2) is 0 Å². The van der Waals surface area contributed by atoms with Crippen LogP contribution in [0.3, 0.4) is 0 Å². The second kappa shape index (κ2) is 3.83. The highest BCUT2D eigenvalue weighted by atomic mass is 79.9. The number of aromatic nitrogens is 1. The number of pyridine rings is 1. The number of rotatable bonds is 2. The molecule has 2 nitrogen and oxygen atoms in total. The van der Waals surface area contributed by atoms with Crippen molar-refractivity contribution in [3.63, 3.8) is 0 Å². The minimum Gasteiger partial charge on any atom is -0.313 e. The standard InChI is InChI=1S/C8H11BrN2/c1-6(10-2)7-5-11-4-3-8(7)9/h3-6,10H,1-2H3/t6-/m0/s1. The van der Waals surface area contributed by atoms with E-state index in [9.17, 15) is 0 Å². The van der Waals surface area contributed by atoms with E-state index in [1.54, 1.807) is 6.20 Å². The molecule has 0 saturated heterocycles. The molecule has 1 heterocycles. The first-order valence-corrected chi connectivity index (χ1v) is 4.31. The molecule has 1 N–H and O–H groups in total. The highest BCUT2D eigenvalue weighted by Crippen LogP contribution is 2.20. The molecule has 0 bridgehead atoms. The normalized spacial score (nSPS) is 13.0.